The van der Waals surface area contributed by atoms with Crippen LogP contribution in [0.5, 0.6) is 0 Å². The Hall–Kier alpha value is -0.660. The van der Waals surface area contributed by atoms with Crippen LogP contribution in [0.15, 0.2) is 22.0 Å². The maximum atomic E-state index is 3.88. The Morgan fingerprint density at radius 1 is 1.50 bits per heavy atom. The van der Waals surface area contributed by atoms with Gasteiger partial charge in [0.05, 0.1) is 12.7 Å². The van der Waals surface area contributed by atoms with Crippen molar-refractivity contribution in [3.05, 3.63) is 11.8 Å². The van der Waals surface area contributed by atoms with Crippen molar-refractivity contribution < 1.29 is 0 Å². The molecule has 0 aromatic rings. The lowest BCUT2D eigenvalue weighted by molar-refractivity contribution is 0.408. The normalized spacial score (nSPS) is 17.7. The highest BCUT2D eigenvalue weighted by Gasteiger charge is 2.14. The van der Waals surface area contributed by atoms with E-state index >= 15 is 0 Å². The van der Waals surface area contributed by atoms with E-state index in [1.54, 1.807) is 0 Å². The lowest BCUT2D eigenvalue weighted by atomic mass is 9.88. The molecule has 0 bridgehead atoms. The molecule has 1 rings (SSSR count). The maximum absolute atomic E-state index is 3.88. The Kier molecular flexibility index (Phi) is 1.88. The number of hydrogen-bond donors (Lipinski definition) is 0. The molecule has 0 aliphatic carbocycles. The molecule has 0 saturated carbocycles. The van der Waals surface area contributed by atoms with Gasteiger partial charge in [-0.3, -0.25) is 0 Å². The SMILES string of the molecule is CC(C)(C)CC1=CN=NC1. The maximum Gasteiger partial charge on any atom is 0.0832 e. The van der Waals surface area contributed by atoms with Crippen LogP contribution in [0.4, 0.5) is 0 Å². The second kappa shape index (κ2) is 2.52. The van der Waals surface area contributed by atoms with E-state index in [-0.39, 0.29) is 0 Å². The van der Waals surface area contributed by atoms with Crippen LogP contribution in [0, 0.1) is 5.41 Å². The van der Waals surface area contributed by atoms with Crippen LogP contribution >= 0.6 is 0 Å². The summed E-state index contributed by atoms with van der Waals surface area (Å²) in [6, 6.07) is 0. The van der Waals surface area contributed by atoms with Gasteiger partial charge in [-0.2, -0.15) is 10.2 Å². The standard InChI is InChI=1S/C8H14N2/c1-8(2,3)4-7-5-9-10-6-7/h5H,4,6H2,1-3H3. The molecule has 2 heteroatoms. The Labute approximate surface area is 62.0 Å². The van der Waals surface area contributed by atoms with Gasteiger partial charge in [-0.25, -0.2) is 0 Å². The van der Waals surface area contributed by atoms with Crippen molar-refractivity contribution in [1.29, 1.82) is 0 Å². The topological polar surface area (TPSA) is 24.7 Å². The van der Waals surface area contributed by atoms with Gasteiger partial charge in [0.25, 0.3) is 0 Å². The minimum atomic E-state index is 0.376. The molecule has 1 aliphatic rings. The predicted octanol–water partition coefficient (Wildman–Crippen LogP) is 2.77. The zero-order valence-electron chi connectivity index (χ0n) is 6.89. The summed E-state index contributed by atoms with van der Waals surface area (Å²) in [7, 11) is 0. The van der Waals surface area contributed by atoms with Gasteiger partial charge in [-0.1, -0.05) is 20.8 Å². The van der Waals surface area contributed by atoms with Gasteiger partial charge in [0.2, 0.25) is 0 Å². The molecule has 0 N–H and O–H groups in total. The second-order valence-corrected chi connectivity index (χ2v) is 3.94. The Balaban J connectivity index is 2.41. The molecule has 2 nitrogen and oxygen atoms in total. The third kappa shape index (κ3) is 2.29. The van der Waals surface area contributed by atoms with E-state index in [0.29, 0.717) is 5.41 Å². The highest BCUT2D eigenvalue weighted by Crippen LogP contribution is 2.25. The molecule has 0 aromatic heterocycles. The Morgan fingerprint density at radius 2 is 2.20 bits per heavy atom. The summed E-state index contributed by atoms with van der Waals surface area (Å²) in [5.41, 5.74) is 1.73. The van der Waals surface area contributed by atoms with E-state index in [9.17, 15) is 0 Å². The summed E-state index contributed by atoms with van der Waals surface area (Å²) in [5, 5.41) is 7.69. The first-order chi connectivity index (χ1) is 4.58. The number of azo groups is 1. The lowest BCUT2D eigenvalue weighted by Crippen LogP contribution is -2.06. The largest absolute Gasteiger partial charge is 0.185 e. The number of nitrogens with zero attached hydrogens (tertiary/aromatic N) is 2. The van der Waals surface area contributed by atoms with Crippen molar-refractivity contribution >= 4 is 0 Å². The minimum Gasteiger partial charge on any atom is -0.185 e. The van der Waals surface area contributed by atoms with Crippen LogP contribution in [0.25, 0.3) is 0 Å². The zero-order valence-corrected chi connectivity index (χ0v) is 6.89. The minimum absolute atomic E-state index is 0.376. The van der Waals surface area contributed by atoms with Crippen molar-refractivity contribution in [2.45, 2.75) is 27.2 Å². The second-order valence-electron chi connectivity index (χ2n) is 3.94. The first-order valence-electron chi connectivity index (χ1n) is 3.62. The Bertz CT molecular complexity index is 172. The third-order valence-corrected chi connectivity index (χ3v) is 1.35. The van der Waals surface area contributed by atoms with E-state index in [0.717, 1.165) is 13.0 Å². The molecular weight excluding hydrogens is 124 g/mol. The molecule has 56 valence electrons. The summed E-state index contributed by atoms with van der Waals surface area (Å²) < 4.78 is 0. The van der Waals surface area contributed by atoms with Gasteiger partial charge in [0.1, 0.15) is 0 Å². The van der Waals surface area contributed by atoms with Gasteiger partial charge in [0.15, 0.2) is 0 Å². The van der Waals surface area contributed by atoms with Crippen molar-refractivity contribution in [2.75, 3.05) is 6.54 Å². The summed E-state index contributed by atoms with van der Waals surface area (Å²) in [4.78, 5) is 0. The van der Waals surface area contributed by atoms with Gasteiger partial charge in [-0.05, 0) is 17.4 Å². The molecule has 0 saturated heterocycles. The van der Waals surface area contributed by atoms with Crippen LogP contribution < -0.4 is 0 Å². The summed E-state index contributed by atoms with van der Waals surface area (Å²) in [6.45, 7) is 7.50. The summed E-state index contributed by atoms with van der Waals surface area (Å²) in [5.74, 6) is 0. The van der Waals surface area contributed by atoms with Crippen LogP contribution in [0.1, 0.15) is 27.2 Å². The zero-order chi connectivity index (χ0) is 7.61. The first-order valence-corrected chi connectivity index (χ1v) is 3.62. The lowest BCUT2D eigenvalue weighted by Gasteiger charge is -2.17. The van der Waals surface area contributed by atoms with Crippen molar-refractivity contribution in [3.63, 3.8) is 0 Å². The number of rotatable bonds is 1. The van der Waals surface area contributed by atoms with E-state index in [4.69, 9.17) is 0 Å². The van der Waals surface area contributed by atoms with Crippen molar-refractivity contribution in [3.8, 4) is 0 Å². The molecule has 0 unspecified atom stereocenters. The predicted molar refractivity (Wildman–Crippen MR) is 41.9 cm³/mol. The molecule has 0 fully saturated rings. The van der Waals surface area contributed by atoms with E-state index < -0.39 is 0 Å². The first kappa shape index (κ1) is 7.45. The highest BCUT2D eigenvalue weighted by molar-refractivity contribution is 5.08. The average Bonchev–Trinajstić information content (AvgIpc) is 2.12. The smallest absolute Gasteiger partial charge is 0.0832 e. The molecule has 0 radical (unpaired) electrons. The summed E-state index contributed by atoms with van der Waals surface area (Å²) >= 11 is 0. The fourth-order valence-electron chi connectivity index (χ4n) is 1.08. The van der Waals surface area contributed by atoms with Gasteiger partial charge in [-0.15, -0.1) is 0 Å². The van der Waals surface area contributed by atoms with Crippen LogP contribution in [0.2, 0.25) is 0 Å². The third-order valence-electron chi connectivity index (χ3n) is 1.35. The van der Waals surface area contributed by atoms with E-state index in [1.807, 2.05) is 6.20 Å². The van der Waals surface area contributed by atoms with Crippen molar-refractivity contribution in [2.24, 2.45) is 15.6 Å². The van der Waals surface area contributed by atoms with E-state index in [1.165, 1.54) is 5.57 Å². The molecule has 10 heavy (non-hydrogen) atoms. The molecule has 1 heterocycles. The van der Waals surface area contributed by atoms with Crippen LogP contribution in [-0.2, 0) is 0 Å². The van der Waals surface area contributed by atoms with Crippen molar-refractivity contribution in [1.82, 2.24) is 0 Å². The molecule has 0 amide bonds. The van der Waals surface area contributed by atoms with E-state index in [2.05, 4.69) is 31.0 Å². The summed E-state index contributed by atoms with van der Waals surface area (Å²) in [6.07, 6.45) is 2.99. The fourth-order valence-corrected chi connectivity index (χ4v) is 1.08. The monoisotopic (exact) mass is 138 g/mol. The van der Waals surface area contributed by atoms with Crippen LogP contribution in [0.3, 0.4) is 0 Å². The quantitative estimate of drug-likeness (QED) is 0.532. The molecular formula is C8H14N2. The molecule has 0 atom stereocenters. The van der Waals surface area contributed by atoms with Gasteiger partial charge >= 0.3 is 0 Å². The van der Waals surface area contributed by atoms with Gasteiger partial charge < -0.3 is 0 Å². The number of hydrogen-bond acceptors (Lipinski definition) is 2. The fraction of sp³-hybridized carbons (Fsp3) is 0.750. The molecule has 1 aliphatic heterocycles. The Morgan fingerprint density at radius 3 is 2.60 bits per heavy atom. The molecule has 0 aromatic carbocycles. The average molecular weight is 138 g/mol. The molecule has 0 spiro atoms. The van der Waals surface area contributed by atoms with Gasteiger partial charge in [0, 0.05) is 0 Å². The van der Waals surface area contributed by atoms with Crippen LogP contribution in [-0.4, -0.2) is 6.54 Å². The highest BCUT2D eigenvalue weighted by atomic mass is 15.1.